The van der Waals surface area contributed by atoms with Crippen molar-refractivity contribution >= 4 is 17.7 Å². The molecule has 0 radical (unpaired) electrons. The molecule has 2 amide bonds. The maximum atomic E-state index is 12.2. The summed E-state index contributed by atoms with van der Waals surface area (Å²) >= 11 is 0. The molecular weight excluding hydrogens is 296 g/mol. The molecule has 0 spiro atoms. The van der Waals surface area contributed by atoms with Crippen LogP contribution in [0, 0.1) is 5.92 Å². The molecule has 0 aromatic heterocycles. The molecule has 6 heteroatoms. The third-order valence-electron chi connectivity index (χ3n) is 3.65. The average molecular weight is 320 g/mol. The number of phenolic OH excluding ortho intramolecular Hbond substituents is 1. The average Bonchev–Trinajstić information content (AvgIpc) is 2.48. The van der Waals surface area contributed by atoms with E-state index in [0.717, 1.165) is 0 Å². The summed E-state index contributed by atoms with van der Waals surface area (Å²) in [7, 11) is 0. The Morgan fingerprint density at radius 1 is 1.17 bits per heavy atom. The number of nitrogens with one attached hydrogen (secondary N) is 1. The van der Waals surface area contributed by atoms with Gasteiger partial charge in [0.15, 0.2) is 0 Å². The topological polar surface area (TPSA) is 78.9 Å². The highest BCUT2D eigenvalue weighted by Crippen LogP contribution is 2.22. The second-order valence-corrected chi connectivity index (χ2v) is 6.78. The molecule has 0 saturated carbocycles. The number of ether oxygens (including phenoxy) is 1. The minimum atomic E-state index is -0.510. The summed E-state index contributed by atoms with van der Waals surface area (Å²) < 4.78 is 5.34. The molecular formula is C17H24N2O4. The van der Waals surface area contributed by atoms with Gasteiger partial charge in [-0.3, -0.25) is 4.79 Å². The van der Waals surface area contributed by atoms with Crippen LogP contribution in [0.5, 0.6) is 5.75 Å². The van der Waals surface area contributed by atoms with Gasteiger partial charge in [0.05, 0.1) is 0 Å². The lowest BCUT2D eigenvalue weighted by molar-refractivity contribution is -0.121. The van der Waals surface area contributed by atoms with Crippen LogP contribution >= 0.6 is 0 Å². The van der Waals surface area contributed by atoms with Crippen molar-refractivity contribution in [2.45, 2.75) is 39.2 Å². The molecule has 1 saturated heterocycles. The van der Waals surface area contributed by atoms with Crippen molar-refractivity contribution in [3.63, 3.8) is 0 Å². The second kappa shape index (κ2) is 6.89. The number of anilines is 1. The SMILES string of the molecule is CC(C)(C)OC(=O)N1CCC(C(=O)Nc2ccc(O)cc2)CC1. The molecule has 2 N–H and O–H groups in total. The number of hydrogen-bond donors (Lipinski definition) is 2. The zero-order valence-corrected chi connectivity index (χ0v) is 13.8. The fraction of sp³-hybridized carbons (Fsp3) is 0.529. The van der Waals surface area contributed by atoms with Crippen molar-refractivity contribution < 1.29 is 19.4 Å². The number of amides is 2. The number of carbonyl (C=O) groups excluding carboxylic acids is 2. The summed E-state index contributed by atoms with van der Waals surface area (Å²) in [6.45, 7) is 6.54. The molecule has 126 valence electrons. The van der Waals surface area contributed by atoms with E-state index in [2.05, 4.69) is 5.32 Å². The van der Waals surface area contributed by atoms with Crippen LogP contribution in [0.2, 0.25) is 0 Å². The van der Waals surface area contributed by atoms with Crippen LogP contribution in [0.3, 0.4) is 0 Å². The molecule has 0 unspecified atom stereocenters. The molecule has 0 bridgehead atoms. The van der Waals surface area contributed by atoms with Crippen molar-refractivity contribution in [1.29, 1.82) is 0 Å². The fourth-order valence-electron chi connectivity index (χ4n) is 2.44. The number of nitrogens with zero attached hydrogens (tertiary/aromatic N) is 1. The van der Waals surface area contributed by atoms with Crippen LogP contribution in [0.1, 0.15) is 33.6 Å². The first kappa shape index (κ1) is 17.1. The monoisotopic (exact) mass is 320 g/mol. The number of aromatic hydroxyl groups is 1. The largest absolute Gasteiger partial charge is 0.508 e. The summed E-state index contributed by atoms with van der Waals surface area (Å²) in [5.41, 5.74) is 0.145. The Morgan fingerprint density at radius 2 is 1.74 bits per heavy atom. The molecule has 23 heavy (non-hydrogen) atoms. The second-order valence-electron chi connectivity index (χ2n) is 6.78. The number of carbonyl (C=O) groups is 2. The van der Waals surface area contributed by atoms with Gasteiger partial charge in [-0.1, -0.05) is 0 Å². The van der Waals surface area contributed by atoms with Crippen molar-refractivity contribution in [3.05, 3.63) is 24.3 Å². The first-order chi connectivity index (χ1) is 10.7. The summed E-state index contributed by atoms with van der Waals surface area (Å²) in [6.07, 6.45) is 0.904. The molecule has 1 fully saturated rings. The Balaban J connectivity index is 1.83. The number of piperidine rings is 1. The van der Waals surface area contributed by atoms with Crippen molar-refractivity contribution in [3.8, 4) is 5.75 Å². The quantitative estimate of drug-likeness (QED) is 0.821. The third-order valence-corrected chi connectivity index (χ3v) is 3.65. The van der Waals surface area contributed by atoms with Gasteiger partial charge in [-0.25, -0.2) is 4.79 Å². The molecule has 0 aliphatic carbocycles. The van der Waals surface area contributed by atoms with Gasteiger partial charge in [0.25, 0.3) is 0 Å². The lowest BCUT2D eigenvalue weighted by Gasteiger charge is -2.32. The molecule has 1 heterocycles. The summed E-state index contributed by atoms with van der Waals surface area (Å²) in [5, 5.41) is 12.1. The number of hydrogen-bond acceptors (Lipinski definition) is 4. The molecule has 1 aromatic rings. The lowest BCUT2D eigenvalue weighted by atomic mass is 9.96. The van der Waals surface area contributed by atoms with Crippen LogP contribution in [0.15, 0.2) is 24.3 Å². The van der Waals surface area contributed by atoms with Crippen molar-refractivity contribution in [1.82, 2.24) is 4.90 Å². The van der Waals surface area contributed by atoms with Gasteiger partial charge in [0.1, 0.15) is 11.4 Å². The Hall–Kier alpha value is -2.24. The van der Waals surface area contributed by atoms with E-state index in [1.165, 1.54) is 12.1 Å². The predicted molar refractivity (Wildman–Crippen MR) is 87.3 cm³/mol. The van der Waals surface area contributed by atoms with Crippen LogP contribution in [0.25, 0.3) is 0 Å². The highest BCUT2D eigenvalue weighted by atomic mass is 16.6. The zero-order valence-electron chi connectivity index (χ0n) is 13.8. The maximum absolute atomic E-state index is 12.2. The number of rotatable bonds is 2. The molecule has 0 atom stereocenters. The van der Waals surface area contributed by atoms with Gasteiger partial charge in [-0.2, -0.15) is 0 Å². The number of likely N-dealkylation sites (tertiary alicyclic amines) is 1. The van der Waals surface area contributed by atoms with E-state index in [4.69, 9.17) is 4.74 Å². The van der Waals surface area contributed by atoms with Crippen LogP contribution in [-0.2, 0) is 9.53 Å². The summed E-state index contributed by atoms with van der Waals surface area (Å²) in [5.74, 6) is -0.0179. The molecule has 1 aromatic carbocycles. The van der Waals surface area contributed by atoms with E-state index in [9.17, 15) is 14.7 Å². The lowest BCUT2D eigenvalue weighted by Crippen LogP contribution is -2.43. The normalized spacial score (nSPS) is 16.0. The Morgan fingerprint density at radius 3 is 2.26 bits per heavy atom. The first-order valence-corrected chi connectivity index (χ1v) is 7.82. The van der Waals surface area contributed by atoms with Gasteiger partial charge in [0.2, 0.25) is 5.91 Å². The Labute approximate surface area is 136 Å². The highest BCUT2D eigenvalue weighted by molar-refractivity contribution is 5.92. The molecule has 2 rings (SSSR count). The highest BCUT2D eigenvalue weighted by Gasteiger charge is 2.29. The van der Waals surface area contributed by atoms with Crippen LogP contribution in [-0.4, -0.2) is 40.7 Å². The fourth-order valence-corrected chi connectivity index (χ4v) is 2.44. The zero-order chi connectivity index (χ0) is 17.0. The van der Waals surface area contributed by atoms with Crippen molar-refractivity contribution in [2.24, 2.45) is 5.92 Å². The standard InChI is InChI=1S/C17H24N2O4/c1-17(2,3)23-16(22)19-10-8-12(9-11-19)15(21)18-13-4-6-14(20)7-5-13/h4-7,12,20H,8-11H2,1-3H3,(H,18,21). The summed E-state index contributed by atoms with van der Waals surface area (Å²) in [6, 6.07) is 6.37. The summed E-state index contributed by atoms with van der Waals surface area (Å²) in [4.78, 5) is 25.9. The molecule has 1 aliphatic rings. The first-order valence-electron chi connectivity index (χ1n) is 7.82. The van der Waals surface area contributed by atoms with E-state index in [-0.39, 0.29) is 23.7 Å². The predicted octanol–water partition coefficient (Wildman–Crippen LogP) is 2.98. The van der Waals surface area contributed by atoms with Crippen LogP contribution < -0.4 is 5.32 Å². The Kier molecular flexibility index (Phi) is 5.13. The number of phenols is 1. The smallest absolute Gasteiger partial charge is 0.410 e. The minimum Gasteiger partial charge on any atom is -0.508 e. The van der Waals surface area contributed by atoms with Gasteiger partial charge in [-0.15, -0.1) is 0 Å². The van der Waals surface area contributed by atoms with E-state index in [0.29, 0.717) is 31.6 Å². The van der Waals surface area contributed by atoms with E-state index in [1.54, 1.807) is 17.0 Å². The maximum Gasteiger partial charge on any atom is 0.410 e. The van der Waals surface area contributed by atoms with E-state index in [1.807, 2.05) is 20.8 Å². The van der Waals surface area contributed by atoms with E-state index < -0.39 is 5.60 Å². The van der Waals surface area contributed by atoms with Gasteiger partial charge in [-0.05, 0) is 57.9 Å². The van der Waals surface area contributed by atoms with Gasteiger partial charge >= 0.3 is 6.09 Å². The molecule has 1 aliphatic heterocycles. The Bertz CT molecular complexity index is 555. The van der Waals surface area contributed by atoms with Gasteiger partial charge < -0.3 is 20.1 Å². The van der Waals surface area contributed by atoms with Crippen LogP contribution in [0.4, 0.5) is 10.5 Å². The van der Waals surface area contributed by atoms with Crippen molar-refractivity contribution in [2.75, 3.05) is 18.4 Å². The third kappa shape index (κ3) is 5.16. The van der Waals surface area contributed by atoms with E-state index >= 15 is 0 Å². The molecule has 6 nitrogen and oxygen atoms in total. The van der Waals surface area contributed by atoms with Gasteiger partial charge in [0, 0.05) is 24.7 Å². The number of benzene rings is 1. The minimum absolute atomic E-state index is 0.0560.